The van der Waals surface area contributed by atoms with E-state index in [-0.39, 0.29) is 12.5 Å². The SMILES string of the molecule is CCc1ccnc(C(CC)CO)n1. The zero-order valence-electron chi connectivity index (χ0n) is 8.20. The van der Waals surface area contributed by atoms with Crippen LogP contribution in [-0.4, -0.2) is 21.7 Å². The van der Waals surface area contributed by atoms with Gasteiger partial charge in [0.05, 0.1) is 6.61 Å². The number of rotatable bonds is 4. The van der Waals surface area contributed by atoms with Crippen molar-refractivity contribution < 1.29 is 5.11 Å². The average Bonchev–Trinajstić information content (AvgIpc) is 2.20. The molecule has 72 valence electrons. The lowest BCUT2D eigenvalue weighted by Gasteiger charge is -2.09. The summed E-state index contributed by atoms with van der Waals surface area (Å²) >= 11 is 0. The highest BCUT2D eigenvalue weighted by Gasteiger charge is 2.10. The van der Waals surface area contributed by atoms with Crippen molar-refractivity contribution in [1.82, 2.24) is 9.97 Å². The molecule has 0 bridgehead atoms. The molecule has 0 amide bonds. The van der Waals surface area contributed by atoms with E-state index >= 15 is 0 Å². The summed E-state index contributed by atoms with van der Waals surface area (Å²) in [7, 11) is 0. The van der Waals surface area contributed by atoms with Crippen LogP contribution >= 0.6 is 0 Å². The third-order valence-electron chi connectivity index (χ3n) is 2.17. The lowest BCUT2D eigenvalue weighted by molar-refractivity contribution is 0.257. The van der Waals surface area contributed by atoms with Gasteiger partial charge in [-0.05, 0) is 18.9 Å². The van der Waals surface area contributed by atoms with Crippen LogP contribution in [0.5, 0.6) is 0 Å². The van der Waals surface area contributed by atoms with Gasteiger partial charge < -0.3 is 5.11 Å². The molecule has 1 atom stereocenters. The van der Waals surface area contributed by atoms with Crippen molar-refractivity contribution >= 4 is 0 Å². The van der Waals surface area contributed by atoms with E-state index in [1.807, 2.05) is 13.0 Å². The molecule has 0 saturated heterocycles. The highest BCUT2D eigenvalue weighted by atomic mass is 16.3. The molecule has 0 saturated carbocycles. The Morgan fingerprint density at radius 1 is 1.46 bits per heavy atom. The molecule has 0 aromatic carbocycles. The fraction of sp³-hybridized carbons (Fsp3) is 0.600. The largest absolute Gasteiger partial charge is 0.396 e. The summed E-state index contributed by atoms with van der Waals surface area (Å²) in [5.41, 5.74) is 1.04. The summed E-state index contributed by atoms with van der Waals surface area (Å²) < 4.78 is 0. The molecule has 0 aliphatic heterocycles. The highest BCUT2D eigenvalue weighted by Crippen LogP contribution is 2.14. The summed E-state index contributed by atoms with van der Waals surface area (Å²) in [6, 6.07) is 1.91. The molecule has 1 N–H and O–H groups in total. The van der Waals surface area contributed by atoms with Gasteiger partial charge in [-0.2, -0.15) is 0 Å². The number of aromatic nitrogens is 2. The molecule has 3 nitrogen and oxygen atoms in total. The van der Waals surface area contributed by atoms with Gasteiger partial charge in [0, 0.05) is 17.8 Å². The molecule has 1 heterocycles. The number of hydrogen-bond acceptors (Lipinski definition) is 3. The number of hydrogen-bond donors (Lipinski definition) is 1. The normalized spacial score (nSPS) is 12.8. The summed E-state index contributed by atoms with van der Waals surface area (Å²) in [6.45, 7) is 4.22. The van der Waals surface area contributed by atoms with Crippen molar-refractivity contribution in [3.05, 3.63) is 23.8 Å². The molecule has 1 unspecified atom stereocenters. The monoisotopic (exact) mass is 180 g/mol. The van der Waals surface area contributed by atoms with Gasteiger partial charge in [0.25, 0.3) is 0 Å². The second kappa shape index (κ2) is 4.92. The van der Waals surface area contributed by atoms with Crippen LogP contribution in [0.2, 0.25) is 0 Å². The Bertz CT molecular complexity index is 259. The van der Waals surface area contributed by atoms with Crippen molar-refractivity contribution in [2.75, 3.05) is 6.61 Å². The minimum absolute atomic E-state index is 0.0894. The van der Waals surface area contributed by atoms with Gasteiger partial charge in [0.2, 0.25) is 0 Å². The third-order valence-corrected chi connectivity index (χ3v) is 2.17. The fourth-order valence-corrected chi connectivity index (χ4v) is 1.20. The van der Waals surface area contributed by atoms with Crippen molar-refractivity contribution in [2.24, 2.45) is 0 Å². The van der Waals surface area contributed by atoms with Crippen LogP contribution in [0.25, 0.3) is 0 Å². The second-order valence-electron chi connectivity index (χ2n) is 3.05. The second-order valence-corrected chi connectivity index (χ2v) is 3.05. The summed E-state index contributed by atoms with van der Waals surface area (Å²) in [5.74, 6) is 0.857. The maximum absolute atomic E-state index is 9.06. The first-order valence-corrected chi connectivity index (χ1v) is 4.74. The maximum atomic E-state index is 9.06. The van der Waals surface area contributed by atoms with E-state index in [1.54, 1.807) is 6.20 Å². The van der Waals surface area contributed by atoms with Crippen LogP contribution in [0, 0.1) is 0 Å². The predicted molar refractivity (Wildman–Crippen MR) is 51.5 cm³/mol. The molecular formula is C10H16N2O. The topological polar surface area (TPSA) is 46.0 Å². The molecule has 0 radical (unpaired) electrons. The summed E-state index contributed by atoms with van der Waals surface area (Å²) in [5, 5.41) is 9.06. The molecule has 0 aliphatic rings. The van der Waals surface area contributed by atoms with Crippen LogP contribution in [0.1, 0.15) is 37.7 Å². The Kier molecular flexibility index (Phi) is 3.83. The average molecular weight is 180 g/mol. The van der Waals surface area contributed by atoms with Gasteiger partial charge >= 0.3 is 0 Å². The predicted octanol–water partition coefficient (Wildman–Crippen LogP) is 1.52. The van der Waals surface area contributed by atoms with Crippen LogP contribution in [0.4, 0.5) is 0 Å². The van der Waals surface area contributed by atoms with Crippen molar-refractivity contribution in [1.29, 1.82) is 0 Å². The Morgan fingerprint density at radius 3 is 2.77 bits per heavy atom. The molecule has 1 aromatic heterocycles. The van der Waals surface area contributed by atoms with Crippen molar-refractivity contribution in [2.45, 2.75) is 32.6 Å². The zero-order chi connectivity index (χ0) is 9.68. The number of nitrogens with zero attached hydrogens (tertiary/aromatic N) is 2. The Balaban J connectivity index is 2.86. The molecule has 1 rings (SSSR count). The summed E-state index contributed by atoms with van der Waals surface area (Å²) in [4.78, 5) is 8.52. The van der Waals surface area contributed by atoms with E-state index in [0.717, 1.165) is 24.4 Å². The van der Waals surface area contributed by atoms with Crippen LogP contribution < -0.4 is 0 Å². The van der Waals surface area contributed by atoms with E-state index in [9.17, 15) is 0 Å². The Morgan fingerprint density at radius 2 is 2.23 bits per heavy atom. The zero-order valence-corrected chi connectivity index (χ0v) is 8.20. The molecule has 13 heavy (non-hydrogen) atoms. The third kappa shape index (κ3) is 2.49. The smallest absolute Gasteiger partial charge is 0.133 e. The fourth-order valence-electron chi connectivity index (χ4n) is 1.20. The van der Waals surface area contributed by atoms with E-state index < -0.39 is 0 Å². The van der Waals surface area contributed by atoms with Gasteiger partial charge in [-0.15, -0.1) is 0 Å². The van der Waals surface area contributed by atoms with E-state index in [1.165, 1.54) is 0 Å². The van der Waals surface area contributed by atoms with Crippen molar-refractivity contribution in [3.8, 4) is 0 Å². The van der Waals surface area contributed by atoms with Gasteiger partial charge in [0.15, 0.2) is 0 Å². The molecule has 1 aromatic rings. The highest BCUT2D eigenvalue weighted by molar-refractivity contribution is 5.05. The van der Waals surface area contributed by atoms with E-state index in [2.05, 4.69) is 16.9 Å². The van der Waals surface area contributed by atoms with Gasteiger partial charge in [-0.1, -0.05) is 13.8 Å². The first-order chi connectivity index (χ1) is 6.31. The quantitative estimate of drug-likeness (QED) is 0.764. The first-order valence-electron chi connectivity index (χ1n) is 4.74. The Hall–Kier alpha value is -0.960. The maximum Gasteiger partial charge on any atom is 0.133 e. The molecule has 3 heteroatoms. The van der Waals surface area contributed by atoms with Gasteiger partial charge in [-0.3, -0.25) is 0 Å². The molecular weight excluding hydrogens is 164 g/mol. The number of aliphatic hydroxyl groups excluding tert-OH is 1. The standard InChI is InChI=1S/C10H16N2O/c1-3-8(7-13)10-11-6-5-9(4-2)12-10/h5-6,8,13H,3-4,7H2,1-2H3. The van der Waals surface area contributed by atoms with Gasteiger partial charge in [0.1, 0.15) is 5.82 Å². The van der Waals surface area contributed by atoms with Crippen LogP contribution in [0.15, 0.2) is 12.3 Å². The lowest BCUT2D eigenvalue weighted by Crippen LogP contribution is -2.08. The molecule has 0 aliphatic carbocycles. The molecule has 0 spiro atoms. The number of aryl methyl sites for hydroxylation is 1. The summed E-state index contributed by atoms with van der Waals surface area (Å²) in [6.07, 6.45) is 3.56. The Labute approximate surface area is 78.9 Å². The molecule has 0 fully saturated rings. The van der Waals surface area contributed by atoms with Crippen LogP contribution in [0.3, 0.4) is 0 Å². The number of aliphatic hydroxyl groups is 1. The van der Waals surface area contributed by atoms with Crippen LogP contribution in [-0.2, 0) is 6.42 Å². The van der Waals surface area contributed by atoms with Gasteiger partial charge in [-0.25, -0.2) is 9.97 Å². The van der Waals surface area contributed by atoms with E-state index in [0.29, 0.717) is 0 Å². The van der Waals surface area contributed by atoms with E-state index in [4.69, 9.17) is 5.11 Å². The van der Waals surface area contributed by atoms with Crippen molar-refractivity contribution in [3.63, 3.8) is 0 Å². The lowest BCUT2D eigenvalue weighted by atomic mass is 10.1. The minimum atomic E-state index is 0.0894. The first kappa shape index (κ1) is 10.1. The minimum Gasteiger partial charge on any atom is -0.396 e.